The molecule has 43 heavy (non-hydrogen) atoms. The Morgan fingerprint density at radius 1 is 1.07 bits per heavy atom. The number of aromatic nitrogens is 3. The van der Waals surface area contributed by atoms with Crippen molar-refractivity contribution in [2.75, 3.05) is 23.9 Å². The summed E-state index contributed by atoms with van der Waals surface area (Å²) in [6.45, 7) is 5.33. The number of alkyl halides is 3. The zero-order valence-corrected chi connectivity index (χ0v) is 24.6. The Bertz CT molecular complexity index is 1590. The van der Waals surface area contributed by atoms with E-state index in [9.17, 15) is 18.0 Å². The predicted octanol–water partition coefficient (Wildman–Crippen LogP) is 6.32. The number of hydrogen-bond donors (Lipinski definition) is 1. The fraction of sp³-hybridized carbons (Fsp3) is 0.290. The van der Waals surface area contributed by atoms with Gasteiger partial charge in [-0.15, -0.1) is 18.3 Å². The molecule has 2 heterocycles. The number of carbonyl (C=O) groups is 1. The van der Waals surface area contributed by atoms with Gasteiger partial charge in [-0.25, -0.2) is 14.7 Å². The van der Waals surface area contributed by atoms with E-state index in [2.05, 4.69) is 38.1 Å². The Labute approximate surface area is 252 Å². The smallest absolute Gasteiger partial charge is 0.406 e. The maximum Gasteiger partial charge on any atom is 0.573 e. The minimum Gasteiger partial charge on any atom is -0.406 e. The summed E-state index contributed by atoms with van der Waals surface area (Å²) in [5, 5.41) is 8.54. The largest absolute Gasteiger partial charge is 0.573 e. The van der Waals surface area contributed by atoms with E-state index < -0.39 is 6.36 Å². The molecule has 224 valence electrons. The van der Waals surface area contributed by atoms with E-state index in [1.54, 1.807) is 4.90 Å². The zero-order chi connectivity index (χ0) is 30.4. The van der Waals surface area contributed by atoms with Crippen molar-refractivity contribution in [1.82, 2.24) is 20.1 Å². The van der Waals surface area contributed by atoms with Crippen molar-refractivity contribution >= 4 is 28.5 Å². The van der Waals surface area contributed by atoms with Gasteiger partial charge in [0, 0.05) is 5.56 Å². The Hall–Kier alpha value is -4.16. The second-order valence-corrected chi connectivity index (χ2v) is 10.9. The van der Waals surface area contributed by atoms with Gasteiger partial charge in [0.15, 0.2) is 11.0 Å². The van der Waals surface area contributed by atoms with Gasteiger partial charge in [-0.2, -0.15) is 0 Å². The van der Waals surface area contributed by atoms with Crippen molar-refractivity contribution in [3.63, 3.8) is 0 Å². The van der Waals surface area contributed by atoms with Gasteiger partial charge < -0.3 is 4.74 Å². The lowest BCUT2D eigenvalue weighted by Gasteiger charge is -2.22. The number of nitrogens with zero attached hydrogens (tertiary/aromatic N) is 5. The minimum atomic E-state index is -4.74. The summed E-state index contributed by atoms with van der Waals surface area (Å²) in [6.07, 6.45) is -0.584. The van der Waals surface area contributed by atoms with Gasteiger partial charge >= 0.3 is 6.36 Å². The topological polar surface area (TPSA) is 84.6 Å². The molecule has 1 amide bonds. The number of para-hydroxylation sites is 1. The Balaban J connectivity index is 1.10. The Morgan fingerprint density at radius 3 is 2.56 bits per heavy atom. The van der Waals surface area contributed by atoms with Gasteiger partial charge in [-0.05, 0) is 73.7 Å². The third-order valence-corrected chi connectivity index (χ3v) is 7.84. The number of benzene rings is 3. The second kappa shape index (κ2) is 13.4. The monoisotopic (exact) mass is 608 g/mol. The number of anilines is 1. The molecule has 0 unspecified atom stereocenters. The number of aliphatic imine (C=N–C) groups is 1. The third-order valence-electron chi connectivity index (χ3n) is 6.88. The summed E-state index contributed by atoms with van der Waals surface area (Å²) in [5.74, 6) is 0.676. The van der Waals surface area contributed by atoms with Crippen molar-refractivity contribution in [3.8, 4) is 22.8 Å². The Morgan fingerprint density at radius 2 is 1.84 bits per heavy atom. The van der Waals surface area contributed by atoms with Gasteiger partial charge in [-0.3, -0.25) is 15.0 Å². The van der Waals surface area contributed by atoms with Crippen molar-refractivity contribution in [3.05, 3.63) is 89.7 Å². The van der Waals surface area contributed by atoms with Gasteiger partial charge in [-0.1, -0.05) is 61.2 Å². The van der Waals surface area contributed by atoms with Crippen LogP contribution in [0.25, 0.3) is 17.1 Å². The van der Waals surface area contributed by atoms with Crippen LogP contribution in [-0.2, 0) is 17.6 Å². The van der Waals surface area contributed by atoms with Gasteiger partial charge in [0.1, 0.15) is 12.1 Å². The molecule has 0 radical (unpaired) electrons. The van der Waals surface area contributed by atoms with E-state index in [1.807, 2.05) is 43.3 Å². The normalized spacial score (nSPS) is 14.6. The molecule has 0 saturated carbocycles. The molecule has 8 nitrogen and oxygen atoms in total. The van der Waals surface area contributed by atoms with E-state index in [1.165, 1.54) is 52.6 Å². The molecule has 0 aliphatic carbocycles. The zero-order valence-electron chi connectivity index (χ0n) is 23.8. The van der Waals surface area contributed by atoms with Crippen molar-refractivity contribution < 1.29 is 22.7 Å². The molecule has 12 heteroatoms. The van der Waals surface area contributed by atoms with Crippen LogP contribution in [0.1, 0.15) is 30.0 Å². The van der Waals surface area contributed by atoms with Gasteiger partial charge in [0.2, 0.25) is 5.91 Å². The summed E-state index contributed by atoms with van der Waals surface area (Å²) in [4.78, 5) is 23.5. The standard InChI is InChI=1S/C31H31F3N6O2S/c1-3-23-8-4-6-21(2)28(23)40-27(41)18-43-30(40)36-19-35-17-5-7-22-9-11-24(12-10-22)29-37-20-39(38-29)25-13-15-26(16-14-25)42-31(32,33)34/h4,6,8-16,20,35H,3,5,7,17-19H2,1-2H3. The molecule has 1 saturated heterocycles. The van der Waals surface area contributed by atoms with Crippen LogP contribution in [0, 0.1) is 6.92 Å². The highest BCUT2D eigenvalue weighted by molar-refractivity contribution is 8.15. The SMILES string of the molecule is CCc1cccc(C)c1N1C(=O)CSC1=NCNCCCc1ccc(-c2ncn(-c3ccc(OC(F)(F)F)cc3)n2)cc1. The first-order valence-electron chi connectivity index (χ1n) is 13.9. The highest BCUT2D eigenvalue weighted by Gasteiger charge is 2.32. The number of aryl methyl sites for hydroxylation is 3. The molecule has 1 aliphatic heterocycles. The molecule has 4 aromatic rings. The van der Waals surface area contributed by atoms with Crippen LogP contribution < -0.4 is 15.0 Å². The van der Waals surface area contributed by atoms with Crippen molar-refractivity contribution in [2.45, 2.75) is 39.5 Å². The van der Waals surface area contributed by atoms with Crippen LogP contribution in [0.5, 0.6) is 5.75 Å². The fourth-order valence-electron chi connectivity index (χ4n) is 4.78. The van der Waals surface area contributed by atoms with Crippen molar-refractivity contribution in [2.24, 2.45) is 4.99 Å². The number of carbonyl (C=O) groups excluding carboxylic acids is 1. The fourth-order valence-corrected chi connectivity index (χ4v) is 5.64. The molecule has 1 aliphatic rings. The second-order valence-electron chi connectivity index (χ2n) is 9.91. The highest BCUT2D eigenvalue weighted by atomic mass is 32.2. The average Bonchev–Trinajstić information content (AvgIpc) is 3.62. The van der Waals surface area contributed by atoms with E-state index >= 15 is 0 Å². The van der Waals surface area contributed by atoms with E-state index in [4.69, 9.17) is 0 Å². The highest BCUT2D eigenvalue weighted by Crippen LogP contribution is 2.32. The number of thioether (sulfide) groups is 1. The first kappa shape index (κ1) is 30.3. The summed E-state index contributed by atoms with van der Waals surface area (Å²) >= 11 is 1.48. The van der Waals surface area contributed by atoms with Crippen molar-refractivity contribution in [1.29, 1.82) is 0 Å². The number of halogens is 3. The maximum absolute atomic E-state index is 12.7. The Kier molecular flexibility index (Phi) is 9.46. The van der Waals surface area contributed by atoms with E-state index in [0.717, 1.165) is 53.4 Å². The maximum atomic E-state index is 12.7. The number of rotatable bonds is 11. The van der Waals surface area contributed by atoms with Gasteiger partial charge in [0.05, 0.1) is 23.8 Å². The number of hydrogen-bond acceptors (Lipinski definition) is 7. The predicted molar refractivity (Wildman–Crippen MR) is 163 cm³/mol. The lowest BCUT2D eigenvalue weighted by Crippen LogP contribution is -2.32. The lowest BCUT2D eigenvalue weighted by molar-refractivity contribution is -0.274. The molecular formula is C31H31F3N6O2S. The van der Waals surface area contributed by atoms with Crippen LogP contribution in [0.15, 0.2) is 78.0 Å². The summed E-state index contributed by atoms with van der Waals surface area (Å²) in [7, 11) is 0. The lowest BCUT2D eigenvalue weighted by atomic mass is 10.0. The first-order valence-corrected chi connectivity index (χ1v) is 14.9. The molecule has 0 atom stereocenters. The molecule has 1 fully saturated rings. The van der Waals surface area contributed by atoms with Crippen LogP contribution in [0.3, 0.4) is 0 Å². The molecule has 0 bridgehead atoms. The molecule has 3 aromatic carbocycles. The van der Waals surface area contributed by atoms with Crippen LogP contribution in [0.2, 0.25) is 0 Å². The molecule has 1 aromatic heterocycles. The summed E-state index contributed by atoms with van der Waals surface area (Å²) < 4.78 is 42.6. The molecule has 5 rings (SSSR count). The number of amides is 1. The molecule has 0 spiro atoms. The quantitative estimate of drug-likeness (QED) is 0.201. The first-order chi connectivity index (χ1) is 20.7. The van der Waals surface area contributed by atoms with E-state index in [-0.39, 0.29) is 11.7 Å². The van der Waals surface area contributed by atoms with E-state index in [0.29, 0.717) is 23.9 Å². The number of nitrogens with one attached hydrogen (secondary N) is 1. The van der Waals surface area contributed by atoms with Crippen LogP contribution in [-0.4, -0.2) is 51.2 Å². The third kappa shape index (κ3) is 7.63. The minimum absolute atomic E-state index is 0.0618. The average molecular weight is 609 g/mol. The van der Waals surface area contributed by atoms with Gasteiger partial charge in [0.25, 0.3) is 0 Å². The molecular weight excluding hydrogens is 577 g/mol. The summed E-state index contributed by atoms with van der Waals surface area (Å²) in [5.41, 5.74) is 5.74. The summed E-state index contributed by atoms with van der Waals surface area (Å²) in [6, 6.07) is 19.5. The van der Waals surface area contributed by atoms with Crippen LogP contribution in [0.4, 0.5) is 18.9 Å². The van der Waals surface area contributed by atoms with Crippen LogP contribution >= 0.6 is 11.8 Å². The number of ether oxygens (including phenoxy) is 1. The number of amidine groups is 1. The molecule has 1 N–H and O–H groups in total.